The predicted molar refractivity (Wildman–Crippen MR) is 71.6 cm³/mol. The highest BCUT2D eigenvalue weighted by molar-refractivity contribution is 6.32. The molecule has 0 aliphatic rings. The van der Waals surface area contributed by atoms with Gasteiger partial charge in [-0.15, -0.1) is 0 Å². The molecule has 0 bridgehead atoms. The molecule has 19 heavy (non-hydrogen) atoms. The number of hydrogen-bond acceptors (Lipinski definition) is 5. The second-order valence-corrected chi connectivity index (χ2v) is 4.26. The second-order valence-electron chi connectivity index (χ2n) is 3.85. The van der Waals surface area contributed by atoms with Crippen LogP contribution in [0, 0.1) is 17.0 Å². The fourth-order valence-electron chi connectivity index (χ4n) is 1.45. The van der Waals surface area contributed by atoms with Crippen LogP contribution in [0.15, 0.2) is 30.3 Å². The van der Waals surface area contributed by atoms with E-state index in [0.717, 1.165) is 5.56 Å². The van der Waals surface area contributed by atoms with E-state index in [-0.39, 0.29) is 23.1 Å². The van der Waals surface area contributed by atoms with Crippen LogP contribution >= 0.6 is 11.6 Å². The summed E-state index contributed by atoms with van der Waals surface area (Å²) in [5, 5.41) is 11.2. The van der Waals surface area contributed by atoms with Gasteiger partial charge in [-0.25, -0.2) is 0 Å². The highest BCUT2D eigenvalue weighted by atomic mass is 35.5. The average molecular weight is 280 g/mol. The maximum atomic E-state index is 10.9. The third kappa shape index (κ3) is 2.92. The molecule has 0 saturated carbocycles. The lowest BCUT2D eigenvalue weighted by molar-refractivity contribution is -0.386. The van der Waals surface area contributed by atoms with Crippen molar-refractivity contribution >= 4 is 23.1 Å². The van der Waals surface area contributed by atoms with Crippen molar-refractivity contribution in [2.75, 3.05) is 5.73 Å². The van der Waals surface area contributed by atoms with Gasteiger partial charge in [0, 0.05) is 6.07 Å². The molecule has 2 aromatic rings. The number of nitrogens with two attached hydrogens (primary N) is 1. The van der Waals surface area contributed by atoms with Gasteiger partial charge in [0.2, 0.25) is 0 Å². The summed E-state index contributed by atoms with van der Waals surface area (Å²) in [5.41, 5.74) is 6.18. The van der Waals surface area contributed by atoms with Gasteiger partial charge in [-0.2, -0.15) is 4.98 Å². The minimum atomic E-state index is -0.593. The molecule has 1 aromatic carbocycles. The third-order valence-corrected chi connectivity index (χ3v) is 2.65. The van der Waals surface area contributed by atoms with Gasteiger partial charge >= 0.3 is 11.6 Å². The van der Waals surface area contributed by atoms with Gasteiger partial charge in [-0.05, 0) is 30.7 Å². The first-order valence-electron chi connectivity index (χ1n) is 5.32. The quantitative estimate of drug-likeness (QED) is 0.687. The molecule has 0 aliphatic heterocycles. The molecule has 0 radical (unpaired) electrons. The van der Waals surface area contributed by atoms with E-state index in [4.69, 9.17) is 22.1 Å². The highest BCUT2D eigenvalue weighted by Gasteiger charge is 2.18. The Bertz CT molecular complexity index is 646. The molecule has 2 N–H and O–H groups in total. The molecule has 0 unspecified atom stereocenters. The SMILES string of the molecule is Cc1ccc(Oc2nc(N)ccc2[N+](=O)[O-])c(Cl)c1. The molecule has 0 amide bonds. The molecule has 6 nitrogen and oxygen atoms in total. The molecule has 2 rings (SSSR count). The predicted octanol–water partition coefficient (Wildman–Crippen LogP) is 3.33. The number of hydrogen-bond donors (Lipinski definition) is 1. The molecule has 0 saturated heterocycles. The molecule has 0 spiro atoms. The molecule has 0 fully saturated rings. The van der Waals surface area contributed by atoms with Gasteiger partial charge < -0.3 is 10.5 Å². The van der Waals surface area contributed by atoms with Crippen molar-refractivity contribution in [3.8, 4) is 11.6 Å². The van der Waals surface area contributed by atoms with E-state index in [2.05, 4.69) is 4.98 Å². The molecule has 1 aromatic heterocycles. The summed E-state index contributed by atoms with van der Waals surface area (Å²) in [6.45, 7) is 1.87. The lowest BCUT2D eigenvalue weighted by atomic mass is 10.2. The third-order valence-electron chi connectivity index (χ3n) is 2.35. The molecule has 0 aliphatic carbocycles. The van der Waals surface area contributed by atoms with Crippen LogP contribution in [0.1, 0.15) is 5.56 Å². The minimum absolute atomic E-state index is 0.129. The smallest absolute Gasteiger partial charge is 0.331 e. The van der Waals surface area contributed by atoms with Crippen molar-refractivity contribution in [3.05, 3.63) is 51.0 Å². The van der Waals surface area contributed by atoms with Crippen LogP contribution in [0.4, 0.5) is 11.5 Å². The summed E-state index contributed by atoms with van der Waals surface area (Å²) in [6, 6.07) is 7.65. The monoisotopic (exact) mass is 279 g/mol. The van der Waals surface area contributed by atoms with Crippen LogP contribution in [-0.2, 0) is 0 Å². The van der Waals surface area contributed by atoms with E-state index in [9.17, 15) is 10.1 Å². The summed E-state index contributed by atoms with van der Waals surface area (Å²) in [7, 11) is 0. The number of rotatable bonds is 3. The number of pyridine rings is 1. The number of nitro groups is 1. The van der Waals surface area contributed by atoms with Gasteiger partial charge in [0.15, 0.2) is 0 Å². The Morgan fingerprint density at radius 3 is 2.74 bits per heavy atom. The van der Waals surface area contributed by atoms with Crippen LogP contribution in [0.25, 0.3) is 0 Å². The average Bonchev–Trinajstić information content (AvgIpc) is 2.32. The number of aromatic nitrogens is 1. The fraction of sp³-hybridized carbons (Fsp3) is 0.0833. The maximum absolute atomic E-state index is 10.9. The fourth-order valence-corrected chi connectivity index (χ4v) is 1.73. The first-order valence-corrected chi connectivity index (χ1v) is 5.70. The van der Waals surface area contributed by atoms with Crippen molar-refractivity contribution in [1.82, 2.24) is 4.98 Å². The van der Waals surface area contributed by atoms with Crippen LogP contribution in [0.5, 0.6) is 11.6 Å². The Hall–Kier alpha value is -2.34. The number of anilines is 1. The molecular weight excluding hydrogens is 270 g/mol. The van der Waals surface area contributed by atoms with E-state index < -0.39 is 4.92 Å². The van der Waals surface area contributed by atoms with E-state index in [1.54, 1.807) is 18.2 Å². The molecule has 7 heteroatoms. The highest BCUT2D eigenvalue weighted by Crippen LogP contribution is 2.34. The Morgan fingerprint density at radius 1 is 1.37 bits per heavy atom. The lowest BCUT2D eigenvalue weighted by Gasteiger charge is -2.08. The van der Waals surface area contributed by atoms with Crippen molar-refractivity contribution in [2.24, 2.45) is 0 Å². The lowest BCUT2D eigenvalue weighted by Crippen LogP contribution is -1.99. The number of aryl methyl sites for hydroxylation is 1. The second kappa shape index (κ2) is 5.11. The summed E-state index contributed by atoms with van der Waals surface area (Å²) >= 11 is 6.00. The van der Waals surface area contributed by atoms with E-state index in [1.807, 2.05) is 6.92 Å². The van der Waals surface area contributed by atoms with Gasteiger partial charge in [0.1, 0.15) is 11.6 Å². The van der Waals surface area contributed by atoms with Crippen LogP contribution < -0.4 is 10.5 Å². The molecule has 1 heterocycles. The maximum Gasteiger partial charge on any atom is 0.331 e. The standard InChI is InChI=1S/C12H10ClN3O3/c1-7-2-4-10(8(13)6-7)19-12-9(16(17)18)3-5-11(14)15-12/h2-6H,1H3,(H2,14,15). The van der Waals surface area contributed by atoms with Crippen LogP contribution in [0.2, 0.25) is 5.02 Å². The van der Waals surface area contributed by atoms with Gasteiger partial charge in [-0.3, -0.25) is 10.1 Å². The van der Waals surface area contributed by atoms with E-state index in [0.29, 0.717) is 5.02 Å². The number of ether oxygens (including phenoxy) is 1. The Labute approximate surface area is 113 Å². The Morgan fingerprint density at radius 2 is 2.11 bits per heavy atom. The first-order chi connectivity index (χ1) is 8.97. The van der Waals surface area contributed by atoms with E-state index in [1.165, 1.54) is 12.1 Å². The summed E-state index contributed by atoms with van der Waals surface area (Å²) in [4.78, 5) is 14.1. The largest absolute Gasteiger partial charge is 0.432 e. The van der Waals surface area contributed by atoms with E-state index >= 15 is 0 Å². The zero-order valence-corrected chi connectivity index (χ0v) is 10.7. The zero-order chi connectivity index (χ0) is 14.0. The number of halogens is 1. The number of benzene rings is 1. The Kier molecular flexibility index (Phi) is 3.52. The summed E-state index contributed by atoms with van der Waals surface area (Å²) < 4.78 is 5.37. The van der Waals surface area contributed by atoms with Gasteiger partial charge in [-0.1, -0.05) is 17.7 Å². The molecule has 0 atom stereocenters. The summed E-state index contributed by atoms with van der Waals surface area (Å²) in [5.74, 6) is 0.230. The Balaban J connectivity index is 2.42. The normalized spacial score (nSPS) is 10.2. The first kappa shape index (κ1) is 13.1. The van der Waals surface area contributed by atoms with Gasteiger partial charge in [0.25, 0.3) is 0 Å². The molecule has 98 valence electrons. The number of nitrogens with zero attached hydrogens (tertiary/aromatic N) is 2. The van der Waals surface area contributed by atoms with Crippen molar-refractivity contribution in [1.29, 1.82) is 0 Å². The van der Waals surface area contributed by atoms with Crippen LogP contribution in [0.3, 0.4) is 0 Å². The van der Waals surface area contributed by atoms with Crippen LogP contribution in [-0.4, -0.2) is 9.91 Å². The molecular formula is C12H10ClN3O3. The van der Waals surface area contributed by atoms with Crippen molar-refractivity contribution in [3.63, 3.8) is 0 Å². The minimum Gasteiger partial charge on any atom is -0.432 e. The summed E-state index contributed by atoms with van der Waals surface area (Å²) in [6.07, 6.45) is 0. The van der Waals surface area contributed by atoms with Crippen molar-refractivity contribution < 1.29 is 9.66 Å². The number of nitrogen functional groups attached to an aromatic ring is 1. The van der Waals surface area contributed by atoms with Crippen molar-refractivity contribution in [2.45, 2.75) is 6.92 Å². The van der Waals surface area contributed by atoms with Gasteiger partial charge in [0.05, 0.1) is 9.95 Å². The topological polar surface area (TPSA) is 91.3 Å². The zero-order valence-electron chi connectivity index (χ0n) is 9.96.